The zero-order chi connectivity index (χ0) is 12.3. The molecule has 3 N–H and O–H groups in total. The average Bonchev–Trinajstić information content (AvgIpc) is 2.87. The first-order valence-corrected chi connectivity index (χ1v) is 6.21. The minimum Gasteiger partial charge on any atom is -0.469 e. The van der Waals surface area contributed by atoms with E-state index in [0.717, 1.165) is 17.1 Å². The van der Waals surface area contributed by atoms with Gasteiger partial charge < -0.3 is 15.4 Å². The van der Waals surface area contributed by atoms with Gasteiger partial charge in [-0.3, -0.25) is 0 Å². The SMILES string of the molecule is Cc1occc1-c1nnc(SCCCO)n1N. The van der Waals surface area contributed by atoms with Crippen LogP contribution in [0.3, 0.4) is 0 Å². The van der Waals surface area contributed by atoms with E-state index in [4.69, 9.17) is 15.4 Å². The second kappa shape index (κ2) is 5.24. The molecule has 0 aliphatic heterocycles. The lowest BCUT2D eigenvalue weighted by Crippen LogP contribution is -2.11. The highest BCUT2D eigenvalue weighted by molar-refractivity contribution is 7.99. The highest BCUT2D eigenvalue weighted by Crippen LogP contribution is 2.24. The van der Waals surface area contributed by atoms with Gasteiger partial charge in [-0.05, 0) is 19.4 Å². The van der Waals surface area contributed by atoms with Gasteiger partial charge in [0.15, 0.2) is 5.82 Å². The summed E-state index contributed by atoms with van der Waals surface area (Å²) in [5.74, 6) is 8.02. The number of hydrogen-bond acceptors (Lipinski definition) is 6. The number of aliphatic hydroxyl groups is 1. The van der Waals surface area contributed by atoms with E-state index in [1.54, 1.807) is 6.26 Å². The van der Waals surface area contributed by atoms with E-state index < -0.39 is 0 Å². The fourth-order valence-corrected chi connectivity index (χ4v) is 2.18. The first-order chi connectivity index (χ1) is 8.24. The topological polar surface area (TPSA) is 90.1 Å². The van der Waals surface area contributed by atoms with Crippen molar-refractivity contribution < 1.29 is 9.52 Å². The average molecular weight is 254 g/mol. The standard InChI is InChI=1S/C10H14N4O2S/c1-7-8(3-5-16-7)9-12-13-10(14(9)11)17-6-2-4-15/h3,5,15H,2,4,6,11H2,1H3. The normalized spacial score (nSPS) is 10.9. The number of nitrogens with zero attached hydrogens (tertiary/aromatic N) is 3. The van der Waals surface area contributed by atoms with Crippen LogP contribution in [0.15, 0.2) is 21.9 Å². The number of aromatic nitrogens is 3. The Kier molecular flexibility index (Phi) is 3.70. The number of aryl methyl sites for hydroxylation is 1. The molecule has 92 valence electrons. The third-order valence-corrected chi connectivity index (χ3v) is 3.33. The highest BCUT2D eigenvalue weighted by Gasteiger charge is 2.15. The Morgan fingerprint density at radius 3 is 3.00 bits per heavy atom. The van der Waals surface area contributed by atoms with Crippen LogP contribution >= 0.6 is 11.8 Å². The zero-order valence-electron chi connectivity index (χ0n) is 9.46. The third kappa shape index (κ3) is 2.45. The van der Waals surface area contributed by atoms with Crippen molar-refractivity contribution in [3.05, 3.63) is 18.1 Å². The van der Waals surface area contributed by atoms with Gasteiger partial charge in [0.25, 0.3) is 0 Å². The van der Waals surface area contributed by atoms with Gasteiger partial charge in [0.2, 0.25) is 5.16 Å². The fourth-order valence-electron chi connectivity index (χ4n) is 1.40. The van der Waals surface area contributed by atoms with E-state index in [9.17, 15) is 0 Å². The molecule has 0 amide bonds. The molecule has 0 saturated heterocycles. The number of hydrogen-bond donors (Lipinski definition) is 2. The Labute approximate surface area is 103 Å². The van der Waals surface area contributed by atoms with Crippen molar-refractivity contribution >= 4 is 11.8 Å². The molecule has 2 aromatic rings. The second-order valence-corrected chi connectivity index (χ2v) is 4.55. The molecule has 0 bridgehead atoms. The summed E-state index contributed by atoms with van der Waals surface area (Å²) in [5, 5.41) is 17.4. The second-order valence-electron chi connectivity index (χ2n) is 3.49. The van der Waals surface area contributed by atoms with Crippen LogP contribution in [0.5, 0.6) is 0 Å². The smallest absolute Gasteiger partial charge is 0.210 e. The molecule has 0 saturated carbocycles. The lowest BCUT2D eigenvalue weighted by atomic mass is 10.2. The van der Waals surface area contributed by atoms with Crippen LogP contribution in [-0.2, 0) is 0 Å². The van der Waals surface area contributed by atoms with Crippen molar-refractivity contribution in [2.45, 2.75) is 18.5 Å². The summed E-state index contributed by atoms with van der Waals surface area (Å²) in [6.07, 6.45) is 2.30. The molecule has 7 heteroatoms. The van der Waals surface area contributed by atoms with E-state index in [1.807, 2.05) is 13.0 Å². The van der Waals surface area contributed by atoms with Gasteiger partial charge in [0, 0.05) is 12.4 Å². The Balaban J connectivity index is 2.18. The van der Waals surface area contributed by atoms with E-state index in [2.05, 4.69) is 10.2 Å². The molecule has 0 fully saturated rings. The van der Waals surface area contributed by atoms with Crippen molar-refractivity contribution in [3.63, 3.8) is 0 Å². The van der Waals surface area contributed by atoms with Crippen LogP contribution in [0.25, 0.3) is 11.4 Å². The lowest BCUT2D eigenvalue weighted by molar-refractivity contribution is 0.296. The summed E-state index contributed by atoms with van der Waals surface area (Å²) in [4.78, 5) is 0. The maximum absolute atomic E-state index is 8.71. The van der Waals surface area contributed by atoms with Gasteiger partial charge >= 0.3 is 0 Å². The van der Waals surface area contributed by atoms with Gasteiger partial charge in [0.1, 0.15) is 5.76 Å². The van der Waals surface area contributed by atoms with Gasteiger partial charge in [-0.15, -0.1) is 10.2 Å². The molecule has 0 aliphatic rings. The Morgan fingerprint density at radius 1 is 1.53 bits per heavy atom. The molecule has 0 spiro atoms. The molecule has 2 aromatic heterocycles. The van der Waals surface area contributed by atoms with Crippen molar-refractivity contribution in [1.82, 2.24) is 14.9 Å². The quantitative estimate of drug-likeness (QED) is 0.470. The van der Waals surface area contributed by atoms with Crippen molar-refractivity contribution in [2.24, 2.45) is 0 Å². The van der Waals surface area contributed by atoms with E-state index >= 15 is 0 Å². The number of nitrogens with two attached hydrogens (primary N) is 1. The lowest BCUT2D eigenvalue weighted by Gasteiger charge is -2.02. The van der Waals surface area contributed by atoms with Crippen LogP contribution in [0.2, 0.25) is 0 Å². The molecule has 2 rings (SSSR count). The van der Waals surface area contributed by atoms with Crippen molar-refractivity contribution in [3.8, 4) is 11.4 Å². The third-order valence-electron chi connectivity index (χ3n) is 2.30. The maximum atomic E-state index is 8.71. The molecule has 0 aromatic carbocycles. The first kappa shape index (κ1) is 12.0. The zero-order valence-corrected chi connectivity index (χ0v) is 10.3. The Bertz CT molecular complexity index is 494. The molecule has 0 unspecified atom stereocenters. The number of rotatable bonds is 5. The molecule has 0 aliphatic carbocycles. The summed E-state index contributed by atoms with van der Waals surface area (Å²) in [5.41, 5.74) is 0.842. The number of aliphatic hydroxyl groups excluding tert-OH is 1. The molecule has 2 heterocycles. The van der Waals surface area contributed by atoms with Gasteiger partial charge in [-0.1, -0.05) is 11.8 Å². The predicted molar refractivity (Wildman–Crippen MR) is 65.0 cm³/mol. The molecular weight excluding hydrogens is 240 g/mol. The summed E-state index contributed by atoms with van der Waals surface area (Å²) in [7, 11) is 0. The summed E-state index contributed by atoms with van der Waals surface area (Å²) in [6.45, 7) is 2.02. The van der Waals surface area contributed by atoms with Crippen LogP contribution in [-0.4, -0.2) is 32.3 Å². The molecule has 17 heavy (non-hydrogen) atoms. The van der Waals surface area contributed by atoms with Gasteiger partial charge in [0.05, 0.1) is 11.8 Å². The minimum absolute atomic E-state index is 0.166. The van der Waals surface area contributed by atoms with E-state index in [-0.39, 0.29) is 6.61 Å². The van der Waals surface area contributed by atoms with Gasteiger partial charge in [-0.25, -0.2) is 4.68 Å². The summed E-state index contributed by atoms with van der Waals surface area (Å²) < 4.78 is 6.65. The molecule has 0 radical (unpaired) electrons. The number of nitrogen functional groups attached to an aromatic ring is 1. The monoisotopic (exact) mass is 254 g/mol. The van der Waals surface area contributed by atoms with Crippen LogP contribution in [0, 0.1) is 6.92 Å². The van der Waals surface area contributed by atoms with E-state index in [0.29, 0.717) is 17.4 Å². The fraction of sp³-hybridized carbons (Fsp3) is 0.400. The maximum Gasteiger partial charge on any atom is 0.210 e. The van der Waals surface area contributed by atoms with Gasteiger partial charge in [-0.2, -0.15) is 0 Å². The van der Waals surface area contributed by atoms with Crippen molar-refractivity contribution in [2.75, 3.05) is 18.2 Å². The molecule has 0 atom stereocenters. The van der Waals surface area contributed by atoms with E-state index in [1.165, 1.54) is 16.4 Å². The van der Waals surface area contributed by atoms with Crippen molar-refractivity contribution in [1.29, 1.82) is 0 Å². The largest absolute Gasteiger partial charge is 0.469 e. The summed E-state index contributed by atoms with van der Waals surface area (Å²) >= 11 is 1.47. The number of thioether (sulfide) groups is 1. The van der Waals surface area contributed by atoms with Crippen LogP contribution in [0.1, 0.15) is 12.2 Å². The Hall–Kier alpha value is -1.47. The Morgan fingerprint density at radius 2 is 2.35 bits per heavy atom. The van der Waals surface area contributed by atoms with Crippen LogP contribution in [0.4, 0.5) is 0 Å². The highest BCUT2D eigenvalue weighted by atomic mass is 32.2. The summed E-state index contributed by atoms with van der Waals surface area (Å²) in [6, 6.07) is 1.81. The number of furan rings is 1. The minimum atomic E-state index is 0.166. The molecule has 6 nitrogen and oxygen atoms in total. The first-order valence-electron chi connectivity index (χ1n) is 5.22. The predicted octanol–water partition coefficient (Wildman–Crippen LogP) is 1.03. The van der Waals surface area contributed by atoms with Crippen LogP contribution < -0.4 is 5.84 Å². The molecular formula is C10H14N4O2S.